The third-order valence-corrected chi connectivity index (χ3v) is 3.98. The van der Waals surface area contributed by atoms with Gasteiger partial charge in [0, 0.05) is 17.2 Å². The van der Waals surface area contributed by atoms with Gasteiger partial charge in [0.1, 0.15) is 0 Å². The lowest BCUT2D eigenvalue weighted by Gasteiger charge is -2.13. The van der Waals surface area contributed by atoms with Crippen LogP contribution in [0.25, 0.3) is 0 Å². The number of aliphatic hydroxyl groups excluding tert-OH is 1. The number of aromatic nitrogens is 2. The molecule has 1 unspecified atom stereocenters. The molecule has 1 aromatic heterocycles. The Labute approximate surface area is 97.4 Å². The molecule has 3 rings (SSSR count). The first-order valence-electron chi connectivity index (χ1n) is 5.70. The molecule has 5 nitrogen and oxygen atoms in total. The van der Waals surface area contributed by atoms with Crippen LogP contribution in [0, 0.1) is 18.3 Å². The third kappa shape index (κ3) is 1.35. The molecule has 1 fully saturated rings. The van der Waals surface area contributed by atoms with Crippen LogP contribution >= 0.6 is 0 Å². The molecule has 0 amide bonds. The Morgan fingerprint density at radius 1 is 1.59 bits per heavy atom. The van der Waals surface area contributed by atoms with Gasteiger partial charge in [-0.3, -0.25) is 14.3 Å². The Morgan fingerprint density at radius 3 is 2.94 bits per heavy atom. The summed E-state index contributed by atoms with van der Waals surface area (Å²) in [4.78, 5) is 25.3. The van der Waals surface area contributed by atoms with Gasteiger partial charge in [-0.25, -0.2) is 4.79 Å². The Morgan fingerprint density at radius 2 is 2.35 bits per heavy atom. The Bertz CT molecular complexity index is 613. The van der Waals surface area contributed by atoms with Crippen molar-refractivity contribution in [2.45, 2.75) is 19.4 Å². The fourth-order valence-electron chi connectivity index (χ4n) is 2.76. The van der Waals surface area contributed by atoms with Gasteiger partial charge in [-0.05, 0) is 19.3 Å². The molecule has 2 aliphatic rings. The van der Waals surface area contributed by atoms with Crippen molar-refractivity contribution in [2.75, 3.05) is 6.61 Å². The van der Waals surface area contributed by atoms with E-state index < -0.39 is 0 Å². The number of aryl methyl sites for hydroxylation is 1. The number of allylic oxidation sites excluding steroid dienone is 1. The molecule has 0 bridgehead atoms. The van der Waals surface area contributed by atoms with Crippen LogP contribution in [0.3, 0.4) is 0 Å². The van der Waals surface area contributed by atoms with E-state index in [0.29, 0.717) is 5.56 Å². The molecule has 5 heteroatoms. The molecule has 90 valence electrons. The van der Waals surface area contributed by atoms with Crippen molar-refractivity contribution >= 4 is 0 Å². The number of aliphatic hydroxyl groups is 1. The second-order valence-electron chi connectivity index (χ2n) is 5.03. The maximum atomic E-state index is 11.7. The highest BCUT2D eigenvalue weighted by molar-refractivity contribution is 5.28. The van der Waals surface area contributed by atoms with Crippen molar-refractivity contribution in [3.8, 4) is 0 Å². The van der Waals surface area contributed by atoms with E-state index in [1.165, 1.54) is 0 Å². The first-order valence-corrected chi connectivity index (χ1v) is 5.70. The van der Waals surface area contributed by atoms with E-state index in [2.05, 4.69) is 4.98 Å². The van der Waals surface area contributed by atoms with E-state index in [0.717, 1.165) is 6.42 Å². The van der Waals surface area contributed by atoms with Crippen molar-refractivity contribution in [1.29, 1.82) is 0 Å². The highest BCUT2D eigenvalue weighted by Gasteiger charge is 2.58. The summed E-state index contributed by atoms with van der Waals surface area (Å²) in [5.41, 5.74) is -0.304. The van der Waals surface area contributed by atoms with Crippen LogP contribution in [0.4, 0.5) is 0 Å². The summed E-state index contributed by atoms with van der Waals surface area (Å²) in [5.74, 6) is 0.288. The summed E-state index contributed by atoms with van der Waals surface area (Å²) in [5, 5.41) is 9.30. The smallest absolute Gasteiger partial charge is 0.328 e. The average Bonchev–Trinajstić information content (AvgIpc) is 2.92. The number of hydrogen-bond acceptors (Lipinski definition) is 3. The molecule has 2 aliphatic carbocycles. The predicted octanol–water partition coefficient (Wildman–Crippen LogP) is -0.0455. The van der Waals surface area contributed by atoms with Gasteiger partial charge in [0.2, 0.25) is 0 Å². The number of hydrogen-bond donors (Lipinski definition) is 2. The molecule has 2 N–H and O–H groups in total. The first kappa shape index (κ1) is 10.5. The SMILES string of the molecule is Cc1cn([C@@H]2C=CC3(CO)C[C@H]23)c(=O)[nH]c1=O. The molecule has 1 heterocycles. The van der Waals surface area contributed by atoms with Crippen LogP contribution in [0.5, 0.6) is 0 Å². The van der Waals surface area contributed by atoms with Crippen molar-refractivity contribution in [3.63, 3.8) is 0 Å². The molecule has 3 atom stereocenters. The van der Waals surface area contributed by atoms with Gasteiger partial charge in [-0.2, -0.15) is 0 Å². The average molecular weight is 234 g/mol. The molecule has 0 saturated heterocycles. The van der Waals surface area contributed by atoms with Gasteiger partial charge in [0.25, 0.3) is 5.56 Å². The van der Waals surface area contributed by atoms with E-state index >= 15 is 0 Å². The summed E-state index contributed by atoms with van der Waals surface area (Å²) >= 11 is 0. The van der Waals surface area contributed by atoms with Crippen LogP contribution in [0.1, 0.15) is 18.0 Å². The van der Waals surface area contributed by atoms with Crippen LogP contribution in [0.2, 0.25) is 0 Å². The fourth-order valence-corrected chi connectivity index (χ4v) is 2.76. The van der Waals surface area contributed by atoms with Gasteiger partial charge in [-0.15, -0.1) is 0 Å². The summed E-state index contributed by atoms with van der Waals surface area (Å²) in [6.45, 7) is 1.81. The van der Waals surface area contributed by atoms with E-state index in [1.54, 1.807) is 17.7 Å². The minimum Gasteiger partial charge on any atom is -0.395 e. The highest BCUT2D eigenvalue weighted by Crippen LogP contribution is 2.63. The topological polar surface area (TPSA) is 75.1 Å². The summed E-state index contributed by atoms with van der Waals surface area (Å²) in [6, 6.07) is -0.0369. The lowest BCUT2D eigenvalue weighted by molar-refractivity contribution is 0.230. The van der Waals surface area contributed by atoms with Crippen molar-refractivity contribution in [1.82, 2.24) is 9.55 Å². The molecule has 0 spiro atoms. The minimum atomic E-state index is -0.379. The zero-order chi connectivity index (χ0) is 12.2. The summed E-state index contributed by atoms with van der Waals surface area (Å²) in [6.07, 6.45) is 6.45. The lowest BCUT2D eigenvalue weighted by atomic mass is 10.1. The van der Waals surface area contributed by atoms with Crippen LogP contribution < -0.4 is 11.2 Å². The third-order valence-electron chi connectivity index (χ3n) is 3.98. The Hall–Kier alpha value is -1.62. The monoisotopic (exact) mass is 234 g/mol. The van der Waals surface area contributed by atoms with E-state index in [1.807, 2.05) is 12.2 Å². The highest BCUT2D eigenvalue weighted by atomic mass is 16.3. The number of nitrogens with one attached hydrogen (secondary N) is 1. The van der Waals surface area contributed by atoms with Crippen molar-refractivity contribution < 1.29 is 5.11 Å². The van der Waals surface area contributed by atoms with Gasteiger partial charge in [-0.1, -0.05) is 12.2 Å². The summed E-state index contributed by atoms with van der Waals surface area (Å²) in [7, 11) is 0. The standard InChI is InChI=1S/C12H14N2O3/c1-7-5-14(11(17)13-10(7)16)9-2-3-12(6-15)4-8(9)12/h2-3,5,8-9,15H,4,6H2,1H3,(H,13,16,17)/t8-,9-,12?/m1/s1. The molecule has 1 saturated carbocycles. The zero-order valence-corrected chi connectivity index (χ0v) is 9.51. The van der Waals surface area contributed by atoms with Crippen LogP contribution in [-0.2, 0) is 0 Å². The quantitative estimate of drug-likeness (QED) is 0.705. The predicted molar refractivity (Wildman–Crippen MR) is 61.9 cm³/mol. The number of H-pyrrole nitrogens is 1. The minimum absolute atomic E-state index is 0.0369. The Balaban J connectivity index is 2.03. The molecular weight excluding hydrogens is 220 g/mol. The summed E-state index contributed by atoms with van der Waals surface area (Å²) < 4.78 is 1.56. The normalized spacial score (nSPS) is 33.8. The van der Waals surface area contributed by atoms with Gasteiger partial charge in [0.15, 0.2) is 0 Å². The number of nitrogens with zero attached hydrogens (tertiary/aromatic N) is 1. The first-order chi connectivity index (χ1) is 8.07. The second kappa shape index (κ2) is 3.20. The second-order valence-corrected chi connectivity index (χ2v) is 5.03. The number of aromatic amines is 1. The Kier molecular flexibility index (Phi) is 1.98. The van der Waals surface area contributed by atoms with Gasteiger partial charge < -0.3 is 5.11 Å². The van der Waals surface area contributed by atoms with Crippen LogP contribution in [0.15, 0.2) is 27.9 Å². The molecule has 0 radical (unpaired) electrons. The fraction of sp³-hybridized carbons (Fsp3) is 0.500. The van der Waals surface area contributed by atoms with Gasteiger partial charge in [0.05, 0.1) is 12.6 Å². The van der Waals surface area contributed by atoms with E-state index in [4.69, 9.17) is 0 Å². The lowest BCUT2D eigenvalue weighted by Crippen LogP contribution is -2.33. The number of fused-ring (bicyclic) bond motifs is 1. The molecule has 17 heavy (non-hydrogen) atoms. The van der Waals surface area contributed by atoms with Crippen molar-refractivity contribution in [3.05, 3.63) is 44.8 Å². The molecule has 1 aromatic rings. The molecule has 0 aromatic carbocycles. The maximum absolute atomic E-state index is 11.7. The molecule has 0 aliphatic heterocycles. The molecular formula is C12H14N2O3. The zero-order valence-electron chi connectivity index (χ0n) is 9.51. The van der Waals surface area contributed by atoms with Crippen LogP contribution in [-0.4, -0.2) is 21.3 Å². The largest absolute Gasteiger partial charge is 0.395 e. The maximum Gasteiger partial charge on any atom is 0.328 e. The van der Waals surface area contributed by atoms with Gasteiger partial charge >= 0.3 is 5.69 Å². The van der Waals surface area contributed by atoms with E-state index in [-0.39, 0.29) is 35.2 Å². The van der Waals surface area contributed by atoms with Crippen molar-refractivity contribution in [2.24, 2.45) is 11.3 Å². The number of rotatable bonds is 2. The van der Waals surface area contributed by atoms with E-state index in [9.17, 15) is 14.7 Å².